The van der Waals surface area contributed by atoms with E-state index in [-0.39, 0.29) is 17.7 Å². The second-order valence-corrected chi connectivity index (χ2v) is 6.59. The normalized spacial score (nSPS) is 20.1. The zero-order valence-electron chi connectivity index (χ0n) is 13.7. The van der Waals surface area contributed by atoms with Crippen LogP contribution in [0.25, 0.3) is 0 Å². The molecule has 2 fully saturated rings. The molecule has 1 aliphatic carbocycles. The van der Waals surface area contributed by atoms with E-state index in [2.05, 4.69) is 34.5 Å². The van der Waals surface area contributed by atoms with Gasteiger partial charge in [-0.15, -0.1) is 0 Å². The molecule has 3 rings (SSSR count). The van der Waals surface area contributed by atoms with Crippen LogP contribution in [-0.4, -0.2) is 53.8 Å². The summed E-state index contributed by atoms with van der Waals surface area (Å²) in [7, 11) is 0. The molecule has 0 radical (unpaired) electrons. The lowest BCUT2D eigenvalue weighted by Crippen LogP contribution is -2.54. The maximum atomic E-state index is 12.4. The van der Waals surface area contributed by atoms with Crippen LogP contribution in [0.4, 0.5) is 0 Å². The number of piperazine rings is 1. The first-order valence-electron chi connectivity index (χ1n) is 8.49. The lowest BCUT2D eigenvalue weighted by molar-refractivity contribution is -0.137. The van der Waals surface area contributed by atoms with Crippen molar-refractivity contribution >= 4 is 11.8 Å². The highest BCUT2D eigenvalue weighted by atomic mass is 16.2. The molecule has 1 N–H and O–H groups in total. The quantitative estimate of drug-likeness (QED) is 0.889. The van der Waals surface area contributed by atoms with Gasteiger partial charge in [-0.25, -0.2) is 0 Å². The predicted octanol–water partition coefficient (Wildman–Crippen LogP) is 1.25. The number of benzene rings is 1. The molecule has 5 heteroatoms. The topological polar surface area (TPSA) is 52.7 Å². The number of carbonyl (C=O) groups is 2. The molecule has 2 aliphatic rings. The van der Waals surface area contributed by atoms with Crippen molar-refractivity contribution in [2.24, 2.45) is 5.92 Å². The minimum atomic E-state index is -0.413. The second kappa shape index (κ2) is 7.13. The minimum Gasteiger partial charge on any atom is -0.344 e. The molecule has 1 atom stereocenters. The Morgan fingerprint density at radius 1 is 1.13 bits per heavy atom. The van der Waals surface area contributed by atoms with Gasteiger partial charge in [0.15, 0.2) is 0 Å². The molecule has 1 aromatic rings. The number of amides is 2. The van der Waals surface area contributed by atoms with Gasteiger partial charge in [-0.3, -0.25) is 14.5 Å². The van der Waals surface area contributed by atoms with Gasteiger partial charge in [-0.2, -0.15) is 0 Å². The maximum absolute atomic E-state index is 12.4. The van der Waals surface area contributed by atoms with E-state index in [9.17, 15) is 9.59 Å². The number of hydrogen-bond acceptors (Lipinski definition) is 3. The van der Waals surface area contributed by atoms with E-state index in [0.29, 0.717) is 0 Å². The lowest BCUT2D eigenvalue weighted by Gasteiger charge is -2.36. The highest BCUT2D eigenvalue weighted by Crippen LogP contribution is 2.28. The van der Waals surface area contributed by atoms with Gasteiger partial charge < -0.3 is 10.2 Å². The van der Waals surface area contributed by atoms with E-state index in [4.69, 9.17) is 0 Å². The average Bonchev–Trinajstić information content (AvgIpc) is 3.41. The molecule has 23 heavy (non-hydrogen) atoms. The standard InChI is InChI=1S/C18H25N3O2/c1-14(19-17(22)16-7-8-16)18(23)21-11-9-20(10-12-21)13-15-5-3-2-4-6-15/h2-6,14,16H,7-13H2,1H3,(H,19,22)/t14-/m0/s1. The van der Waals surface area contributed by atoms with Crippen molar-refractivity contribution in [2.45, 2.75) is 32.4 Å². The highest BCUT2D eigenvalue weighted by molar-refractivity contribution is 5.89. The van der Waals surface area contributed by atoms with E-state index in [0.717, 1.165) is 45.6 Å². The zero-order valence-corrected chi connectivity index (χ0v) is 13.7. The predicted molar refractivity (Wildman–Crippen MR) is 88.6 cm³/mol. The summed E-state index contributed by atoms with van der Waals surface area (Å²) < 4.78 is 0. The smallest absolute Gasteiger partial charge is 0.244 e. The first-order chi connectivity index (χ1) is 11.1. The molecular formula is C18H25N3O2. The van der Waals surface area contributed by atoms with E-state index in [1.165, 1.54) is 5.56 Å². The second-order valence-electron chi connectivity index (χ2n) is 6.59. The fourth-order valence-electron chi connectivity index (χ4n) is 2.98. The fraction of sp³-hybridized carbons (Fsp3) is 0.556. The van der Waals surface area contributed by atoms with Crippen LogP contribution in [0.3, 0.4) is 0 Å². The Morgan fingerprint density at radius 3 is 2.39 bits per heavy atom. The van der Waals surface area contributed by atoms with Crippen molar-refractivity contribution in [2.75, 3.05) is 26.2 Å². The zero-order chi connectivity index (χ0) is 16.2. The van der Waals surface area contributed by atoms with Gasteiger partial charge in [0.2, 0.25) is 11.8 Å². The molecule has 1 aliphatic heterocycles. The SMILES string of the molecule is C[C@H](NC(=O)C1CC1)C(=O)N1CCN(Cc2ccccc2)CC1. The third-order valence-electron chi connectivity index (χ3n) is 4.61. The molecular weight excluding hydrogens is 290 g/mol. The maximum Gasteiger partial charge on any atom is 0.244 e. The molecule has 2 amide bonds. The van der Waals surface area contributed by atoms with Crippen LogP contribution in [0.1, 0.15) is 25.3 Å². The molecule has 124 valence electrons. The Labute approximate surface area is 137 Å². The van der Waals surface area contributed by atoms with E-state index in [1.807, 2.05) is 11.0 Å². The van der Waals surface area contributed by atoms with Crippen molar-refractivity contribution in [3.8, 4) is 0 Å². The van der Waals surface area contributed by atoms with Gasteiger partial charge >= 0.3 is 0 Å². The van der Waals surface area contributed by atoms with E-state index >= 15 is 0 Å². The summed E-state index contributed by atoms with van der Waals surface area (Å²) in [5, 5.41) is 2.85. The number of nitrogens with zero attached hydrogens (tertiary/aromatic N) is 2. The monoisotopic (exact) mass is 315 g/mol. The number of hydrogen-bond donors (Lipinski definition) is 1. The summed E-state index contributed by atoms with van der Waals surface area (Å²) in [6.45, 7) is 5.94. The summed E-state index contributed by atoms with van der Waals surface area (Å²) >= 11 is 0. The van der Waals surface area contributed by atoms with Crippen LogP contribution in [0.15, 0.2) is 30.3 Å². The highest BCUT2D eigenvalue weighted by Gasteiger charge is 2.32. The summed E-state index contributed by atoms with van der Waals surface area (Å²) in [6.07, 6.45) is 1.93. The molecule has 1 aromatic carbocycles. The molecule has 1 heterocycles. The van der Waals surface area contributed by atoms with Gasteiger partial charge in [0.1, 0.15) is 6.04 Å². The molecule has 0 unspecified atom stereocenters. The number of carbonyl (C=O) groups excluding carboxylic acids is 2. The van der Waals surface area contributed by atoms with Crippen molar-refractivity contribution in [3.05, 3.63) is 35.9 Å². The first kappa shape index (κ1) is 16.0. The molecule has 0 aromatic heterocycles. The molecule has 5 nitrogen and oxygen atoms in total. The van der Waals surface area contributed by atoms with E-state index < -0.39 is 6.04 Å². The van der Waals surface area contributed by atoms with Gasteiger partial charge in [-0.1, -0.05) is 30.3 Å². The summed E-state index contributed by atoms with van der Waals surface area (Å²) in [5.74, 6) is 0.222. The minimum absolute atomic E-state index is 0.0357. The van der Waals surface area contributed by atoms with Crippen LogP contribution >= 0.6 is 0 Å². The van der Waals surface area contributed by atoms with Crippen molar-refractivity contribution < 1.29 is 9.59 Å². The van der Waals surface area contributed by atoms with E-state index in [1.54, 1.807) is 6.92 Å². The molecule has 0 bridgehead atoms. The lowest BCUT2D eigenvalue weighted by atomic mass is 10.2. The molecule has 1 saturated heterocycles. The van der Waals surface area contributed by atoms with Crippen LogP contribution in [-0.2, 0) is 16.1 Å². The van der Waals surface area contributed by atoms with Crippen molar-refractivity contribution in [3.63, 3.8) is 0 Å². The molecule has 0 spiro atoms. The third-order valence-corrected chi connectivity index (χ3v) is 4.61. The van der Waals surface area contributed by atoms with Gasteiger partial charge in [-0.05, 0) is 25.3 Å². The van der Waals surface area contributed by atoms with Gasteiger partial charge in [0.05, 0.1) is 0 Å². The Morgan fingerprint density at radius 2 is 1.78 bits per heavy atom. The molecule has 1 saturated carbocycles. The average molecular weight is 315 g/mol. The van der Waals surface area contributed by atoms with Gasteiger partial charge in [0.25, 0.3) is 0 Å². The Kier molecular flexibility index (Phi) is 4.96. The van der Waals surface area contributed by atoms with Gasteiger partial charge in [0, 0.05) is 38.6 Å². The Balaban J connectivity index is 1.44. The van der Waals surface area contributed by atoms with Crippen molar-refractivity contribution in [1.29, 1.82) is 0 Å². The first-order valence-corrected chi connectivity index (χ1v) is 8.49. The Hall–Kier alpha value is -1.88. The third kappa shape index (κ3) is 4.32. The fourth-order valence-corrected chi connectivity index (χ4v) is 2.98. The summed E-state index contributed by atoms with van der Waals surface area (Å²) in [5.41, 5.74) is 1.30. The van der Waals surface area contributed by atoms with Crippen LogP contribution in [0.5, 0.6) is 0 Å². The van der Waals surface area contributed by atoms with Crippen LogP contribution in [0, 0.1) is 5.92 Å². The largest absolute Gasteiger partial charge is 0.344 e. The summed E-state index contributed by atoms with van der Waals surface area (Å²) in [4.78, 5) is 28.4. The van der Waals surface area contributed by atoms with Crippen LogP contribution in [0.2, 0.25) is 0 Å². The van der Waals surface area contributed by atoms with Crippen LogP contribution < -0.4 is 5.32 Å². The van der Waals surface area contributed by atoms with Crippen molar-refractivity contribution in [1.82, 2.24) is 15.1 Å². The number of nitrogens with one attached hydrogen (secondary N) is 1. The summed E-state index contributed by atoms with van der Waals surface area (Å²) in [6, 6.07) is 9.99. The Bertz CT molecular complexity index is 549. The number of rotatable bonds is 5.